The molecule has 0 spiro atoms. The Morgan fingerprint density at radius 2 is 1.53 bits per heavy atom. The number of aliphatic hydroxyl groups excluding tert-OH is 2. The van der Waals surface area contributed by atoms with Crippen LogP contribution in [0.3, 0.4) is 0 Å². The van der Waals surface area contributed by atoms with Gasteiger partial charge in [0.15, 0.2) is 0 Å². The number of aliphatic hydroxyl groups is 2. The maximum absolute atomic E-state index is 9.67. The van der Waals surface area contributed by atoms with E-state index in [9.17, 15) is 10.2 Å². The van der Waals surface area contributed by atoms with Crippen LogP contribution in [0.4, 0.5) is 0 Å². The van der Waals surface area contributed by atoms with E-state index in [1.165, 1.54) is 44.9 Å². The molecule has 2 N–H and O–H groups in total. The van der Waals surface area contributed by atoms with Gasteiger partial charge in [0.05, 0.1) is 12.7 Å². The standard InChI is InChI=1S/C14H28O3/c1-2-3-4-5-6-7-8-9-10-12(15)14(16)13-11-17-13/h12-16H,2-11H2,1H3. The fraction of sp³-hybridized carbons (Fsp3) is 1.00. The van der Waals surface area contributed by atoms with E-state index in [1.807, 2.05) is 0 Å². The van der Waals surface area contributed by atoms with Crippen LogP contribution in [0.2, 0.25) is 0 Å². The van der Waals surface area contributed by atoms with E-state index in [-0.39, 0.29) is 6.10 Å². The maximum Gasteiger partial charge on any atom is 0.109 e. The summed E-state index contributed by atoms with van der Waals surface area (Å²) in [6, 6.07) is 0. The van der Waals surface area contributed by atoms with Gasteiger partial charge in [0, 0.05) is 0 Å². The molecule has 17 heavy (non-hydrogen) atoms. The molecule has 0 aliphatic carbocycles. The quantitative estimate of drug-likeness (QED) is 0.434. The molecular formula is C14H28O3. The Hall–Kier alpha value is -0.120. The van der Waals surface area contributed by atoms with E-state index in [0.29, 0.717) is 13.0 Å². The van der Waals surface area contributed by atoms with Crippen molar-refractivity contribution in [3.8, 4) is 0 Å². The van der Waals surface area contributed by atoms with E-state index in [2.05, 4.69) is 6.92 Å². The molecule has 0 bridgehead atoms. The van der Waals surface area contributed by atoms with Crippen molar-refractivity contribution in [2.45, 2.75) is 83.0 Å². The summed E-state index contributed by atoms with van der Waals surface area (Å²) in [6.45, 7) is 2.84. The Morgan fingerprint density at radius 3 is 2.06 bits per heavy atom. The second-order valence-electron chi connectivity index (χ2n) is 5.19. The van der Waals surface area contributed by atoms with Crippen LogP contribution in [-0.2, 0) is 4.74 Å². The molecule has 1 aliphatic heterocycles. The number of hydrogen-bond acceptors (Lipinski definition) is 3. The lowest BCUT2D eigenvalue weighted by Crippen LogP contribution is -2.30. The Labute approximate surface area is 105 Å². The van der Waals surface area contributed by atoms with Crippen LogP contribution in [0.15, 0.2) is 0 Å². The van der Waals surface area contributed by atoms with Crippen molar-refractivity contribution in [3.63, 3.8) is 0 Å². The average Bonchev–Trinajstić information content (AvgIpc) is 3.15. The zero-order chi connectivity index (χ0) is 12.5. The molecule has 1 aliphatic rings. The third-order valence-corrected chi connectivity index (χ3v) is 3.49. The summed E-state index contributed by atoms with van der Waals surface area (Å²) in [5.41, 5.74) is 0. The molecule has 0 aromatic heterocycles. The monoisotopic (exact) mass is 244 g/mol. The summed E-state index contributed by atoms with van der Waals surface area (Å²) >= 11 is 0. The SMILES string of the molecule is CCCCCCCCCCC(O)C(O)C1CO1. The van der Waals surface area contributed by atoms with Gasteiger partial charge in [0.25, 0.3) is 0 Å². The summed E-state index contributed by atoms with van der Waals surface area (Å²) in [6.07, 6.45) is 9.44. The van der Waals surface area contributed by atoms with Gasteiger partial charge in [-0.2, -0.15) is 0 Å². The zero-order valence-corrected chi connectivity index (χ0v) is 11.1. The van der Waals surface area contributed by atoms with Crippen LogP contribution >= 0.6 is 0 Å². The fourth-order valence-corrected chi connectivity index (χ4v) is 2.16. The van der Waals surface area contributed by atoms with E-state index in [1.54, 1.807) is 0 Å². The summed E-state index contributed by atoms with van der Waals surface area (Å²) in [4.78, 5) is 0. The second-order valence-corrected chi connectivity index (χ2v) is 5.19. The number of ether oxygens (including phenoxy) is 1. The van der Waals surface area contributed by atoms with Gasteiger partial charge in [-0.15, -0.1) is 0 Å². The number of epoxide rings is 1. The van der Waals surface area contributed by atoms with Crippen molar-refractivity contribution in [1.82, 2.24) is 0 Å². The van der Waals surface area contributed by atoms with Crippen LogP contribution in [0.1, 0.15) is 64.7 Å². The number of hydrogen-bond donors (Lipinski definition) is 2. The fourth-order valence-electron chi connectivity index (χ4n) is 2.16. The molecule has 3 atom stereocenters. The largest absolute Gasteiger partial charge is 0.390 e. The van der Waals surface area contributed by atoms with Crippen molar-refractivity contribution in [2.75, 3.05) is 6.61 Å². The summed E-state index contributed by atoms with van der Waals surface area (Å²) in [7, 11) is 0. The zero-order valence-electron chi connectivity index (χ0n) is 11.1. The van der Waals surface area contributed by atoms with Crippen LogP contribution < -0.4 is 0 Å². The molecule has 0 saturated carbocycles. The van der Waals surface area contributed by atoms with Crippen molar-refractivity contribution in [3.05, 3.63) is 0 Å². The summed E-state index contributed by atoms with van der Waals surface area (Å²) in [5, 5.41) is 19.3. The average molecular weight is 244 g/mol. The van der Waals surface area contributed by atoms with E-state index in [4.69, 9.17) is 4.74 Å². The van der Waals surface area contributed by atoms with Crippen LogP contribution in [-0.4, -0.2) is 35.1 Å². The minimum Gasteiger partial charge on any atom is -0.390 e. The number of rotatable bonds is 11. The molecule has 1 rings (SSSR count). The minimum absolute atomic E-state index is 0.0981. The van der Waals surface area contributed by atoms with Crippen LogP contribution in [0.25, 0.3) is 0 Å². The first-order chi connectivity index (χ1) is 8.25. The molecule has 1 saturated heterocycles. The van der Waals surface area contributed by atoms with Crippen LogP contribution in [0, 0.1) is 0 Å². The van der Waals surface area contributed by atoms with Crippen LogP contribution in [0.5, 0.6) is 0 Å². The Bertz CT molecular complexity index is 180. The van der Waals surface area contributed by atoms with E-state index >= 15 is 0 Å². The molecule has 102 valence electrons. The van der Waals surface area contributed by atoms with Crippen molar-refractivity contribution in [2.24, 2.45) is 0 Å². The lowest BCUT2D eigenvalue weighted by atomic mass is 10.0. The summed E-state index contributed by atoms with van der Waals surface area (Å²) < 4.78 is 4.96. The van der Waals surface area contributed by atoms with Gasteiger partial charge in [-0.25, -0.2) is 0 Å². The molecule has 3 heteroatoms. The molecule has 0 amide bonds. The van der Waals surface area contributed by atoms with Gasteiger partial charge >= 0.3 is 0 Å². The smallest absolute Gasteiger partial charge is 0.109 e. The highest BCUT2D eigenvalue weighted by molar-refractivity contribution is 4.83. The number of unbranched alkanes of at least 4 members (excludes halogenated alkanes) is 7. The van der Waals surface area contributed by atoms with Crippen molar-refractivity contribution >= 4 is 0 Å². The highest BCUT2D eigenvalue weighted by Crippen LogP contribution is 2.20. The van der Waals surface area contributed by atoms with E-state index < -0.39 is 12.2 Å². The highest BCUT2D eigenvalue weighted by Gasteiger charge is 2.35. The highest BCUT2D eigenvalue weighted by atomic mass is 16.6. The van der Waals surface area contributed by atoms with Gasteiger partial charge in [-0.3, -0.25) is 0 Å². The molecule has 0 radical (unpaired) electrons. The third-order valence-electron chi connectivity index (χ3n) is 3.49. The Morgan fingerprint density at radius 1 is 1.00 bits per heavy atom. The third kappa shape index (κ3) is 7.02. The molecule has 1 fully saturated rings. The lowest BCUT2D eigenvalue weighted by Gasteiger charge is -2.15. The van der Waals surface area contributed by atoms with E-state index in [0.717, 1.165) is 6.42 Å². The molecule has 1 heterocycles. The molecule has 0 aromatic rings. The molecule has 0 aromatic carbocycles. The van der Waals surface area contributed by atoms with Crippen molar-refractivity contribution < 1.29 is 14.9 Å². The summed E-state index contributed by atoms with van der Waals surface area (Å²) in [5.74, 6) is 0. The van der Waals surface area contributed by atoms with Gasteiger partial charge in [0.1, 0.15) is 12.2 Å². The molecular weight excluding hydrogens is 216 g/mol. The van der Waals surface area contributed by atoms with Gasteiger partial charge in [-0.05, 0) is 6.42 Å². The first-order valence-electron chi connectivity index (χ1n) is 7.23. The lowest BCUT2D eigenvalue weighted by molar-refractivity contribution is -0.00260. The second kappa shape index (κ2) is 8.90. The normalized spacial score (nSPS) is 22.4. The maximum atomic E-state index is 9.67. The van der Waals surface area contributed by atoms with Crippen molar-refractivity contribution in [1.29, 1.82) is 0 Å². The topological polar surface area (TPSA) is 53.0 Å². The molecule has 3 nitrogen and oxygen atoms in total. The molecule has 3 unspecified atom stereocenters. The predicted molar refractivity (Wildman–Crippen MR) is 69.0 cm³/mol. The minimum atomic E-state index is -0.667. The predicted octanol–water partition coefficient (Wildman–Crippen LogP) is 2.64. The Balaban J connectivity index is 1.83. The van der Waals surface area contributed by atoms with Gasteiger partial charge in [-0.1, -0.05) is 58.3 Å². The first kappa shape index (κ1) is 14.9. The first-order valence-corrected chi connectivity index (χ1v) is 7.23. The van der Waals surface area contributed by atoms with Gasteiger partial charge < -0.3 is 14.9 Å². The van der Waals surface area contributed by atoms with Gasteiger partial charge in [0.2, 0.25) is 0 Å². The Kier molecular flexibility index (Phi) is 7.82.